The number of unbranched alkanes of at least 4 members (excludes halogenated alkanes) is 22. The van der Waals surface area contributed by atoms with Crippen LogP contribution in [-0.2, 0) is 25.7 Å². The van der Waals surface area contributed by atoms with Gasteiger partial charge in [-0.25, -0.2) is 0 Å². The number of carbonyl (C=O) groups is 4. The zero-order chi connectivity index (χ0) is 79.2. The summed E-state index contributed by atoms with van der Waals surface area (Å²) in [7, 11) is 0. The lowest BCUT2D eigenvalue weighted by atomic mass is 9.99. The summed E-state index contributed by atoms with van der Waals surface area (Å²) in [5.41, 5.74) is 5.11. The fourth-order valence-electron chi connectivity index (χ4n) is 17.1. The molecule has 114 heavy (non-hydrogen) atoms. The lowest BCUT2D eigenvalue weighted by molar-refractivity contribution is 0.0609. The molecule has 10 aromatic heterocycles. The van der Waals surface area contributed by atoms with Crippen molar-refractivity contribution in [2.75, 3.05) is 13.1 Å². The van der Waals surface area contributed by atoms with E-state index in [0.717, 1.165) is 129 Å². The highest BCUT2D eigenvalue weighted by atomic mass is 32.1. The van der Waals surface area contributed by atoms with Gasteiger partial charge in [-0.15, -0.1) is 113 Å². The minimum Gasteiger partial charge on any atom is -0.274 e. The molecule has 0 spiro atoms. The molecule has 12 heterocycles. The number of benzene rings is 2. The highest BCUT2D eigenvalue weighted by Crippen LogP contribution is 2.57. The van der Waals surface area contributed by atoms with E-state index in [9.17, 15) is 0 Å². The number of fused-ring (bicyclic) bond motifs is 7. The number of aryl methyl sites for hydroxylation is 4. The molecule has 2 atom stereocenters. The number of nitrogens with zero attached hydrogens (tertiary/aromatic N) is 2. The first-order valence-corrected chi connectivity index (χ1v) is 52.1. The third-order valence-corrected chi connectivity index (χ3v) is 36.9. The Morgan fingerprint density at radius 3 is 0.939 bits per heavy atom. The molecule has 12 aromatic rings. The molecule has 0 saturated heterocycles. The number of carbonyl (C=O) groups excluding carboxylic acids is 4. The summed E-state index contributed by atoms with van der Waals surface area (Å²) >= 11 is 18.1. The summed E-state index contributed by atoms with van der Waals surface area (Å²) in [6.07, 6.45) is 42.3. The molecule has 0 N–H and O–H groups in total. The molecular weight excluding hydrogens is 1590 g/mol. The van der Waals surface area contributed by atoms with Gasteiger partial charge in [-0.1, -0.05) is 247 Å². The minimum absolute atomic E-state index is 0.126. The van der Waals surface area contributed by atoms with Crippen LogP contribution in [0.1, 0.15) is 323 Å². The standard InChI is InChI=1S/C98H118N2O4S10/c1-9-17-23-27-29-31-33-35-41-65-57-81(93-85-83(95(101)99(97(85)103)61-63(15-7)39-21-13-5)91(113-93)77-55-53-75(107-77)73-51-47-69(105-73)43-37-25-19-11-3)111-89(65)79-59-67-45-49-72-71(87(67)109-79)50-46-68-60-80(110-88(68)72)90-66(42-36-34-32-30-28-24-18-10-2)58-82(112-90)94-86-84(96(102)100(98(86)104)62-64(16-8)40-22-14-6)92(114-94)78-56-54-76(108-78)74-52-48-70(106-74)44-38-26-20-12-4/h45-60,63-64H,9-44,61-62H2,1-8H3. The monoisotopic (exact) mass is 1710 g/mol. The van der Waals surface area contributed by atoms with Crippen LogP contribution in [0.3, 0.4) is 0 Å². The Bertz CT molecular complexity index is 4910. The molecule has 6 nitrogen and oxygen atoms in total. The third kappa shape index (κ3) is 19.2. The molecule has 2 aliphatic heterocycles. The number of imide groups is 2. The summed E-state index contributed by atoms with van der Waals surface area (Å²) in [6, 6.07) is 37.2. The minimum atomic E-state index is -0.127. The van der Waals surface area contributed by atoms with Gasteiger partial charge in [-0.05, 0) is 171 Å². The SMILES string of the molecule is CCCCCCCCCCc1cc(-c2sc(-c3ccc(-c4ccc(CCCCCC)s4)s3)c3c2C(=O)N(CC(CC)CCCC)C3=O)sc1-c1cc2ccc3c(ccc4cc(-c5sc(-c6sc(-c7ccc(-c8ccc(CCCCCC)s8)s7)c7c6C(=O)N(CC(CC)CCCC)C7=O)cc5CCCCCCCCCC)sc43)c2s1. The van der Waals surface area contributed by atoms with Gasteiger partial charge in [0.15, 0.2) is 0 Å². The van der Waals surface area contributed by atoms with Gasteiger partial charge in [0.1, 0.15) is 0 Å². The fraction of sp³-hybridized carbons (Fsp3) is 0.490. The summed E-state index contributed by atoms with van der Waals surface area (Å²) < 4.78 is 2.57. The summed E-state index contributed by atoms with van der Waals surface area (Å²) in [4.78, 5) is 85.4. The molecule has 2 unspecified atom stereocenters. The van der Waals surface area contributed by atoms with Crippen molar-refractivity contribution in [2.45, 2.75) is 287 Å². The molecule has 2 aromatic carbocycles. The van der Waals surface area contributed by atoms with Crippen LogP contribution in [0.15, 0.2) is 97.1 Å². The second kappa shape index (κ2) is 41.0. The van der Waals surface area contributed by atoms with Crippen molar-refractivity contribution >= 4 is 168 Å². The molecule has 16 heteroatoms. The Balaban J connectivity index is 0.827. The van der Waals surface area contributed by atoms with Gasteiger partial charge in [0.2, 0.25) is 0 Å². The van der Waals surface area contributed by atoms with Gasteiger partial charge in [0.05, 0.1) is 41.8 Å². The van der Waals surface area contributed by atoms with Gasteiger partial charge in [0, 0.05) is 102 Å². The normalized spacial score (nSPS) is 13.7. The van der Waals surface area contributed by atoms with Gasteiger partial charge in [-0.2, -0.15) is 0 Å². The Labute approximate surface area is 719 Å². The Kier molecular flexibility index (Phi) is 30.5. The van der Waals surface area contributed by atoms with Crippen LogP contribution in [0.4, 0.5) is 0 Å². The maximum atomic E-state index is 15.4. The highest BCUT2D eigenvalue weighted by Gasteiger charge is 2.46. The van der Waals surface area contributed by atoms with Crippen LogP contribution in [0.2, 0.25) is 0 Å². The second-order valence-electron chi connectivity index (χ2n) is 32.4. The maximum absolute atomic E-state index is 15.4. The van der Waals surface area contributed by atoms with E-state index < -0.39 is 0 Å². The van der Waals surface area contributed by atoms with Crippen molar-refractivity contribution in [3.8, 4) is 78.0 Å². The van der Waals surface area contributed by atoms with Gasteiger partial charge in [0.25, 0.3) is 23.6 Å². The van der Waals surface area contributed by atoms with E-state index in [1.807, 2.05) is 68.0 Å². The van der Waals surface area contributed by atoms with E-state index in [-0.39, 0.29) is 35.5 Å². The predicted octanol–water partition coefficient (Wildman–Crippen LogP) is 34.3. The number of hydrogen-bond donors (Lipinski definition) is 0. The molecule has 604 valence electrons. The lowest BCUT2D eigenvalue weighted by Gasteiger charge is -2.21. The van der Waals surface area contributed by atoms with Crippen LogP contribution < -0.4 is 0 Å². The third-order valence-electron chi connectivity index (χ3n) is 23.9. The van der Waals surface area contributed by atoms with Crippen LogP contribution in [-0.4, -0.2) is 46.5 Å². The maximum Gasteiger partial charge on any atom is 0.263 e. The van der Waals surface area contributed by atoms with Crippen molar-refractivity contribution in [3.63, 3.8) is 0 Å². The number of hydrogen-bond acceptors (Lipinski definition) is 14. The topological polar surface area (TPSA) is 74.8 Å². The van der Waals surface area contributed by atoms with Crippen molar-refractivity contribution < 1.29 is 19.2 Å². The smallest absolute Gasteiger partial charge is 0.263 e. The van der Waals surface area contributed by atoms with E-state index >= 15 is 19.2 Å². The average Bonchev–Trinajstić information content (AvgIpc) is 1.57. The summed E-state index contributed by atoms with van der Waals surface area (Å²) in [6.45, 7) is 18.9. The molecule has 0 saturated carbocycles. The molecule has 14 rings (SSSR count). The quantitative estimate of drug-likeness (QED) is 0.0281. The first-order chi connectivity index (χ1) is 55.9. The summed E-state index contributed by atoms with van der Waals surface area (Å²) in [5.74, 6) is 0.0107. The van der Waals surface area contributed by atoms with Crippen molar-refractivity contribution in [1.29, 1.82) is 0 Å². The molecular formula is C98H118N2O4S10. The second-order valence-corrected chi connectivity index (χ2v) is 43.2. The van der Waals surface area contributed by atoms with E-state index in [1.165, 1.54) is 232 Å². The van der Waals surface area contributed by atoms with Gasteiger partial charge in [-0.3, -0.25) is 29.0 Å². The van der Waals surface area contributed by atoms with Crippen molar-refractivity contribution in [1.82, 2.24) is 9.80 Å². The zero-order valence-corrected chi connectivity index (χ0v) is 77.0. The van der Waals surface area contributed by atoms with E-state index in [0.29, 0.717) is 35.3 Å². The predicted molar refractivity (Wildman–Crippen MR) is 507 cm³/mol. The fourth-order valence-corrected chi connectivity index (χ4v) is 29.5. The Morgan fingerprint density at radius 2 is 0.570 bits per heavy atom. The number of amides is 4. The highest BCUT2D eigenvalue weighted by molar-refractivity contribution is 7.33. The lowest BCUT2D eigenvalue weighted by Crippen LogP contribution is -2.34. The van der Waals surface area contributed by atoms with Gasteiger partial charge >= 0.3 is 0 Å². The van der Waals surface area contributed by atoms with Gasteiger partial charge < -0.3 is 0 Å². The first kappa shape index (κ1) is 84.9. The Hall–Kier alpha value is -5.50. The van der Waals surface area contributed by atoms with E-state index in [1.54, 1.807) is 55.1 Å². The molecule has 0 bridgehead atoms. The number of rotatable bonds is 48. The van der Waals surface area contributed by atoms with Crippen LogP contribution in [0.5, 0.6) is 0 Å². The molecule has 0 radical (unpaired) electrons. The summed E-state index contributed by atoms with van der Waals surface area (Å²) in [5, 5.41) is 5.01. The largest absolute Gasteiger partial charge is 0.274 e. The van der Waals surface area contributed by atoms with E-state index in [2.05, 4.69) is 152 Å². The van der Waals surface area contributed by atoms with Crippen LogP contribution >= 0.6 is 113 Å². The van der Waals surface area contributed by atoms with Crippen molar-refractivity contribution in [3.05, 3.63) is 140 Å². The Morgan fingerprint density at radius 1 is 0.263 bits per heavy atom. The molecule has 0 fully saturated rings. The number of thiophene rings is 10. The van der Waals surface area contributed by atoms with E-state index in [4.69, 9.17) is 0 Å². The first-order valence-electron chi connectivity index (χ1n) is 44.0. The average molecular weight is 1710 g/mol. The van der Waals surface area contributed by atoms with Crippen LogP contribution in [0.25, 0.3) is 109 Å². The molecule has 0 aliphatic carbocycles. The van der Waals surface area contributed by atoms with Crippen LogP contribution in [0, 0.1) is 11.8 Å². The van der Waals surface area contributed by atoms with Crippen molar-refractivity contribution in [2.24, 2.45) is 11.8 Å². The molecule has 4 amide bonds. The zero-order valence-electron chi connectivity index (χ0n) is 68.9. The molecule has 2 aliphatic rings.